The van der Waals surface area contributed by atoms with Crippen LogP contribution in [0.15, 0.2) is 47.3 Å². The number of benzene rings is 2. The minimum Gasteiger partial charge on any atom is -0.349 e. The fourth-order valence-corrected chi connectivity index (χ4v) is 3.27. The van der Waals surface area contributed by atoms with Crippen LogP contribution in [0.25, 0.3) is 10.9 Å². The Hall–Kier alpha value is -3.29. The second-order valence-corrected chi connectivity index (χ2v) is 6.15. The average molecular weight is 337 g/mol. The molecule has 1 aromatic heterocycles. The fraction of sp³-hybridized carbons (Fsp3) is 0.235. The van der Waals surface area contributed by atoms with Gasteiger partial charge in [-0.2, -0.15) is 4.68 Å². The lowest BCUT2D eigenvalue weighted by molar-refractivity contribution is -0.384. The van der Waals surface area contributed by atoms with Crippen LogP contribution in [-0.2, 0) is 13.1 Å². The number of rotatable bonds is 3. The summed E-state index contributed by atoms with van der Waals surface area (Å²) in [5, 5.41) is 19.6. The van der Waals surface area contributed by atoms with Crippen molar-refractivity contribution in [3.8, 4) is 0 Å². The van der Waals surface area contributed by atoms with E-state index in [1.54, 1.807) is 30.3 Å². The van der Waals surface area contributed by atoms with E-state index in [0.29, 0.717) is 17.3 Å². The van der Waals surface area contributed by atoms with Crippen molar-refractivity contribution in [3.05, 3.63) is 68.5 Å². The average Bonchev–Trinajstić information content (AvgIpc) is 2.92. The normalized spacial score (nSPS) is 16.2. The molecule has 2 heterocycles. The van der Waals surface area contributed by atoms with Crippen molar-refractivity contribution in [3.63, 3.8) is 0 Å². The lowest BCUT2D eigenvalue weighted by Gasteiger charge is -2.24. The van der Waals surface area contributed by atoms with Gasteiger partial charge in [-0.1, -0.05) is 17.3 Å². The van der Waals surface area contributed by atoms with Gasteiger partial charge in [-0.05, 0) is 37.1 Å². The topological polar surface area (TPSA) is 94.2 Å². The highest BCUT2D eigenvalue weighted by molar-refractivity contribution is 5.76. The summed E-state index contributed by atoms with van der Waals surface area (Å²) in [5.74, 6) is 0. The van der Waals surface area contributed by atoms with Gasteiger partial charge in [-0.3, -0.25) is 14.9 Å². The summed E-state index contributed by atoms with van der Waals surface area (Å²) >= 11 is 0. The van der Waals surface area contributed by atoms with Crippen molar-refractivity contribution in [2.75, 3.05) is 4.90 Å². The van der Waals surface area contributed by atoms with Crippen LogP contribution in [0, 0.1) is 10.1 Å². The van der Waals surface area contributed by atoms with E-state index in [2.05, 4.69) is 10.3 Å². The molecule has 8 nitrogen and oxygen atoms in total. The quantitative estimate of drug-likeness (QED) is 0.537. The molecule has 0 radical (unpaired) electrons. The third-order valence-corrected chi connectivity index (χ3v) is 4.55. The zero-order valence-corrected chi connectivity index (χ0v) is 13.5. The van der Waals surface area contributed by atoms with E-state index < -0.39 is 4.92 Å². The first-order valence-electron chi connectivity index (χ1n) is 7.91. The van der Waals surface area contributed by atoms with Crippen LogP contribution in [0.4, 0.5) is 11.4 Å². The van der Waals surface area contributed by atoms with Crippen molar-refractivity contribution >= 4 is 22.3 Å². The number of non-ortho nitro benzene ring substituents is 1. The summed E-state index contributed by atoms with van der Waals surface area (Å²) in [5.41, 5.74) is 2.24. The number of nitro benzene ring substituents is 1. The number of aromatic nitrogens is 3. The van der Waals surface area contributed by atoms with Gasteiger partial charge in [0.2, 0.25) is 0 Å². The lowest BCUT2D eigenvalue weighted by Crippen LogP contribution is -2.37. The van der Waals surface area contributed by atoms with E-state index in [1.165, 1.54) is 10.7 Å². The van der Waals surface area contributed by atoms with Gasteiger partial charge in [-0.25, -0.2) is 0 Å². The van der Waals surface area contributed by atoms with Crippen molar-refractivity contribution in [2.24, 2.45) is 0 Å². The molecule has 0 fully saturated rings. The fourth-order valence-electron chi connectivity index (χ4n) is 3.27. The van der Waals surface area contributed by atoms with Gasteiger partial charge in [0.15, 0.2) is 0 Å². The molecule has 0 saturated heterocycles. The number of nitrogens with zero attached hydrogens (tertiary/aromatic N) is 5. The maximum Gasteiger partial charge on any atom is 0.279 e. The van der Waals surface area contributed by atoms with Crippen molar-refractivity contribution in [2.45, 2.75) is 26.1 Å². The largest absolute Gasteiger partial charge is 0.349 e. The molecule has 1 unspecified atom stereocenters. The Morgan fingerprint density at radius 1 is 1.28 bits per heavy atom. The smallest absolute Gasteiger partial charge is 0.279 e. The second kappa shape index (κ2) is 5.66. The zero-order valence-electron chi connectivity index (χ0n) is 13.5. The van der Waals surface area contributed by atoms with E-state index in [1.807, 2.05) is 17.9 Å². The highest BCUT2D eigenvalue weighted by Crippen LogP contribution is 2.34. The van der Waals surface area contributed by atoms with E-state index in [9.17, 15) is 14.9 Å². The number of anilines is 1. The molecule has 1 aliphatic heterocycles. The maximum atomic E-state index is 12.6. The van der Waals surface area contributed by atoms with Gasteiger partial charge in [0, 0.05) is 23.9 Å². The molecule has 8 heteroatoms. The van der Waals surface area contributed by atoms with Crippen molar-refractivity contribution < 1.29 is 4.92 Å². The monoisotopic (exact) mass is 337 g/mol. The second-order valence-electron chi connectivity index (χ2n) is 6.15. The molecular weight excluding hydrogens is 322 g/mol. The summed E-state index contributed by atoms with van der Waals surface area (Å²) in [6, 6.07) is 12.0. The molecule has 3 aromatic rings. The first-order valence-corrected chi connectivity index (χ1v) is 7.91. The molecule has 0 amide bonds. The highest BCUT2D eigenvalue weighted by atomic mass is 16.6. The number of fused-ring (bicyclic) bond motifs is 2. The number of nitro groups is 1. The Balaban J connectivity index is 1.72. The van der Waals surface area contributed by atoms with Crippen LogP contribution < -0.4 is 10.5 Å². The Kier molecular flexibility index (Phi) is 3.45. The molecule has 1 atom stereocenters. The summed E-state index contributed by atoms with van der Waals surface area (Å²) in [4.78, 5) is 25.2. The zero-order chi connectivity index (χ0) is 17.6. The first-order chi connectivity index (χ1) is 12.0. The highest BCUT2D eigenvalue weighted by Gasteiger charge is 2.28. The molecular formula is C17H15N5O3. The van der Waals surface area contributed by atoms with Gasteiger partial charge in [0.25, 0.3) is 11.2 Å². The predicted octanol–water partition coefficient (Wildman–Crippen LogP) is 2.11. The molecule has 1 aliphatic rings. The van der Waals surface area contributed by atoms with Crippen LogP contribution in [0.3, 0.4) is 0 Å². The van der Waals surface area contributed by atoms with E-state index in [0.717, 1.165) is 11.3 Å². The Morgan fingerprint density at radius 3 is 2.88 bits per heavy atom. The SMILES string of the molecule is CC1Cc2cc([N+](=O)[O-])ccc2N1Cn1nnc2ccccc2c1=O. The van der Waals surface area contributed by atoms with Gasteiger partial charge < -0.3 is 4.90 Å². The summed E-state index contributed by atoms with van der Waals surface area (Å²) in [6.45, 7) is 2.27. The van der Waals surface area contributed by atoms with Gasteiger partial charge in [0.1, 0.15) is 12.2 Å². The van der Waals surface area contributed by atoms with Crippen LogP contribution >= 0.6 is 0 Å². The molecule has 0 spiro atoms. The third-order valence-electron chi connectivity index (χ3n) is 4.55. The van der Waals surface area contributed by atoms with Gasteiger partial charge in [0.05, 0.1) is 10.3 Å². The molecule has 4 rings (SSSR count). The molecule has 0 saturated carbocycles. The van der Waals surface area contributed by atoms with Crippen LogP contribution in [0.1, 0.15) is 12.5 Å². The molecule has 25 heavy (non-hydrogen) atoms. The van der Waals surface area contributed by atoms with Gasteiger partial charge in [-0.15, -0.1) is 5.10 Å². The van der Waals surface area contributed by atoms with Crippen LogP contribution in [0.2, 0.25) is 0 Å². The molecule has 0 N–H and O–H groups in total. The minimum atomic E-state index is -0.396. The van der Waals surface area contributed by atoms with Crippen molar-refractivity contribution in [1.82, 2.24) is 15.0 Å². The number of hydrogen-bond acceptors (Lipinski definition) is 6. The maximum absolute atomic E-state index is 12.6. The van der Waals surface area contributed by atoms with E-state index >= 15 is 0 Å². The molecule has 2 aromatic carbocycles. The van der Waals surface area contributed by atoms with E-state index in [-0.39, 0.29) is 24.0 Å². The standard InChI is InChI=1S/C17H15N5O3/c1-11-8-12-9-13(22(24)25)6-7-16(12)20(11)10-21-17(23)14-4-2-3-5-15(14)18-19-21/h2-7,9,11H,8,10H2,1H3. The summed E-state index contributed by atoms with van der Waals surface area (Å²) < 4.78 is 1.33. The predicted molar refractivity (Wildman–Crippen MR) is 92.5 cm³/mol. The molecule has 126 valence electrons. The minimum absolute atomic E-state index is 0.0791. The van der Waals surface area contributed by atoms with E-state index in [4.69, 9.17) is 0 Å². The third kappa shape index (κ3) is 2.51. The first kappa shape index (κ1) is 15.3. The summed E-state index contributed by atoms with van der Waals surface area (Å²) in [7, 11) is 0. The van der Waals surface area contributed by atoms with Crippen molar-refractivity contribution in [1.29, 1.82) is 0 Å². The van der Waals surface area contributed by atoms with Crippen LogP contribution in [0.5, 0.6) is 0 Å². The molecule has 0 aliphatic carbocycles. The number of hydrogen-bond donors (Lipinski definition) is 0. The Labute approximate surface area is 142 Å². The summed E-state index contributed by atoms with van der Waals surface area (Å²) in [6.07, 6.45) is 0.687. The van der Waals surface area contributed by atoms with Crippen LogP contribution in [-0.4, -0.2) is 26.0 Å². The molecule has 0 bridgehead atoms. The van der Waals surface area contributed by atoms with Gasteiger partial charge >= 0.3 is 0 Å². The lowest BCUT2D eigenvalue weighted by atomic mass is 10.1. The Bertz CT molecular complexity index is 1050. The Morgan fingerprint density at radius 2 is 2.08 bits per heavy atom.